The Labute approximate surface area is 134 Å². The Hall–Kier alpha value is -2.82. The van der Waals surface area contributed by atoms with E-state index < -0.39 is 0 Å². The highest BCUT2D eigenvalue weighted by Crippen LogP contribution is 2.26. The van der Waals surface area contributed by atoms with E-state index in [1.807, 2.05) is 13.8 Å². The van der Waals surface area contributed by atoms with Gasteiger partial charge in [-0.05, 0) is 31.5 Å². The Morgan fingerprint density at radius 1 is 1.30 bits per heavy atom. The smallest absolute Gasteiger partial charge is 0.141 e. The maximum Gasteiger partial charge on any atom is 0.141 e. The molecule has 1 aliphatic heterocycles. The van der Waals surface area contributed by atoms with Crippen molar-refractivity contribution < 1.29 is 4.52 Å². The highest BCUT2D eigenvalue weighted by Gasteiger charge is 2.15. The largest absolute Gasteiger partial charge is 0.369 e. The van der Waals surface area contributed by atoms with Gasteiger partial charge in [0.1, 0.15) is 5.76 Å². The molecule has 0 unspecified atom stereocenters. The minimum atomic E-state index is 0.853. The van der Waals surface area contributed by atoms with Gasteiger partial charge in [-0.3, -0.25) is 0 Å². The second kappa shape index (κ2) is 5.43. The maximum atomic E-state index is 5.29. The number of aryl methyl sites for hydroxylation is 2. The van der Waals surface area contributed by atoms with E-state index in [-0.39, 0.29) is 0 Å². The number of nitrogens with one attached hydrogen (secondary N) is 1. The summed E-state index contributed by atoms with van der Waals surface area (Å²) in [6.07, 6.45) is 8.23. The van der Waals surface area contributed by atoms with Gasteiger partial charge in [-0.15, -0.1) is 0 Å². The van der Waals surface area contributed by atoms with Gasteiger partial charge in [0.15, 0.2) is 0 Å². The third kappa shape index (κ3) is 2.54. The normalized spacial score (nSPS) is 14.5. The first kappa shape index (κ1) is 13.8. The Kier molecular flexibility index (Phi) is 3.26. The summed E-state index contributed by atoms with van der Waals surface area (Å²) >= 11 is 0. The molecule has 4 rings (SSSR count). The SMILES string of the molecule is Cc1noc(C)c1C1=CN(Cc2ccc3nc[nH]c3c2)CC=C1. The molecule has 0 saturated heterocycles. The van der Waals surface area contributed by atoms with Crippen LogP contribution in [0.4, 0.5) is 0 Å². The topological polar surface area (TPSA) is 58.0 Å². The third-order valence-corrected chi connectivity index (χ3v) is 4.15. The summed E-state index contributed by atoms with van der Waals surface area (Å²) in [6, 6.07) is 6.34. The Morgan fingerprint density at radius 3 is 3.04 bits per heavy atom. The lowest BCUT2D eigenvalue weighted by molar-refractivity contribution is 0.392. The molecule has 1 N–H and O–H groups in total. The Balaban J connectivity index is 1.61. The Morgan fingerprint density at radius 2 is 2.22 bits per heavy atom. The number of nitrogens with zero attached hydrogens (tertiary/aromatic N) is 3. The number of hydrogen-bond acceptors (Lipinski definition) is 4. The number of benzene rings is 1. The van der Waals surface area contributed by atoms with Crippen LogP contribution in [0.2, 0.25) is 0 Å². The molecule has 1 aliphatic rings. The van der Waals surface area contributed by atoms with Crippen molar-refractivity contribution in [1.82, 2.24) is 20.0 Å². The van der Waals surface area contributed by atoms with Crippen LogP contribution >= 0.6 is 0 Å². The highest BCUT2D eigenvalue weighted by molar-refractivity contribution is 5.77. The van der Waals surface area contributed by atoms with Crippen molar-refractivity contribution in [3.05, 3.63) is 65.5 Å². The quantitative estimate of drug-likeness (QED) is 0.803. The van der Waals surface area contributed by atoms with Gasteiger partial charge in [0.2, 0.25) is 0 Å². The average Bonchev–Trinajstić information content (AvgIpc) is 3.13. The van der Waals surface area contributed by atoms with Gasteiger partial charge >= 0.3 is 0 Å². The minimum Gasteiger partial charge on any atom is -0.369 e. The maximum absolute atomic E-state index is 5.29. The molecule has 0 atom stereocenters. The summed E-state index contributed by atoms with van der Waals surface area (Å²) in [5, 5.41) is 4.05. The van der Waals surface area contributed by atoms with Crippen molar-refractivity contribution in [2.45, 2.75) is 20.4 Å². The third-order valence-electron chi connectivity index (χ3n) is 4.15. The van der Waals surface area contributed by atoms with Crippen LogP contribution in [0.25, 0.3) is 16.6 Å². The molecule has 1 aromatic carbocycles. The minimum absolute atomic E-state index is 0.853. The fourth-order valence-corrected chi connectivity index (χ4v) is 3.08. The number of imidazole rings is 1. The number of aromatic amines is 1. The number of hydrogen-bond donors (Lipinski definition) is 1. The molecule has 0 aliphatic carbocycles. The first-order valence-corrected chi connectivity index (χ1v) is 7.68. The second-order valence-electron chi connectivity index (χ2n) is 5.87. The van der Waals surface area contributed by atoms with Gasteiger partial charge in [0.05, 0.1) is 23.1 Å². The van der Waals surface area contributed by atoms with Crippen molar-refractivity contribution >= 4 is 16.6 Å². The molecular weight excluding hydrogens is 288 g/mol. The van der Waals surface area contributed by atoms with E-state index in [9.17, 15) is 0 Å². The Bertz CT molecular complexity index is 897. The highest BCUT2D eigenvalue weighted by atomic mass is 16.5. The van der Waals surface area contributed by atoms with Crippen LogP contribution in [0, 0.1) is 13.8 Å². The van der Waals surface area contributed by atoms with Crippen LogP contribution in [0.1, 0.15) is 22.6 Å². The zero-order chi connectivity index (χ0) is 15.8. The number of fused-ring (bicyclic) bond motifs is 1. The lowest BCUT2D eigenvalue weighted by atomic mass is 10.0. The molecule has 2 aromatic heterocycles. The summed E-state index contributed by atoms with van der Waals surface area (Å²) in [4.78, 5) is 9.72. The van der Waals surface area contributed by atoms with E-state index in [0.29, 0.717) is 0 Å². The van der Waals surface area contributed by atoms with Crippen LogP contribution in [0.5, 0.6) is 0 Å². The van der Waals surface area contributed by atoms with Gasteiger partial charge in [-0.1, -0.05) is 23.4 Å². The molecule has 3 heterocycles. The van der Waals surface area contributed by atoms with Crippen molar-refractivity contribution in [3.8, 4) is 0 Å². The summed E-state index contributed by atoms with van der Waals surface area (Å²) < 4.78 is 5.29. The first-order chi connectivity index (χ1) is 11.2. The van der Waals surface area contributed by atoms with Crippen LogP contribution in [-0.4, -0.2) is 26.6 Å². The average molecular weight is 306 g/mol. The number of rotatable bonds is 3. The summed E-state index contributed by atoms with van der Waals surface area (Å²) in [5.41, 5.74) is 6.50. The van der Waals surface area contributed by atoms with Crippen molar-refractivity contribution in [2.24, 2.45) is 0 Å². The zero-order valence-corrected chi connectivity index (χ0v) is 13.2. The van der Waals surface area contributed by atoms with Crippen LogP contribution in [0.15, 0.2) is 47.4 Å². The van der Waals surface area contributed by atoms with Crippen molar-refractivity contribution in [2.75, 3.05) is 6.54 Å². The van der Waals surface area contributed by atoms with E-state index >= 15 is 0 Å². The number of H-pyrrole nitrogens is 1. The molecule has 0 spiro atoms. The molecule has 0 fully saturated rings. The predicted molar refractivity (Wildman–Crippen MR) is 89.6 cm³/mol. The molecule has 116 valence electrons. The number of aromatic nitrogens is 3. The molecular formula is C18H18N4O. The van der Waals surface area contributed by atoms with Gasteiger partial charge in [0.25, 0.3) is 0 Å². The van der Waals surface area contributed by atoms with Crippen molar-refractivity contribution in [3.63, 3.8) is 0 Å². The van der Waals surface area contributed by atoms with Gasteiger partial charge in [0, 0.05) is 30.4 Å². The molecule has 0 amide bonds. The lowest BCUT2D eigenvalue weighted by Gasteiger charge is -2.23. The zero-order valence-electron chi connectivity index (χ0n) is 13.2. The van der Waals surface area contributed by atoms with Crippen LogP contribution in [-0.2, 0) is 6.54 Å². The fraction of sp³-hybridized carbons (Fsp3) is 0.222. The van der Waals surface area contributed by atoms with E-state index in [1.54, 1.807) is 6.33 Å². The van der Waals surface area contributed by atoms with E-state index in [4.69, 9.17) is 4.52 Å². The first-order valence-electron chi connectivity index (χ1n) is 7.68. The predicted octanol–water partition coefficient (Wildman–Crippen LogP) is 3.58. The molecule has 0 saturated carbocycles. The van der Waals surface area contributed by atoms with E-state index in [0.717, 1.165) is 46.7 Å². The molecule has 5 heteroatoms. The summed E-state index contributed by atoms with van der Waals surface area (Å²) in [7, 11) is 0. The van der Waals surface area contributed by atoms with Crippen molar-refractivity contribution in [1.29, 1.82) is 0 Å². The van der Waals surface area contributed by atoms with E-state index in [1.165, 1.54) is 5.56 Å². The molecule has 23 heavy (non-hydrogen) atoms. The molecule has 0 radical (unpaired) electrons. The van der Waals surface area contributed by atoms with Gasteiger partial charge in [-0.2, -0.15) is 0 Å². The lowest BCUT2D eigenvalue weighted by Crippen LogP contribution is -2.19. The van der Waals surface area contributed by atoms with Crippen LogP contribution in [0.3, 0.4) is 0 Å². The molecule has 3 aromatic rings. The summed E-state index contributed by atoms with van der Waals surface area (Å²) in [5.74, 6) is 0.860. The second-order valence-corrected chi connectivity index (χ2v) is 5.87. The number of allylic oxidation sites excluding steroid dienone is 2. The monoisotopic (exact) mass is 306 g/mol. The molecule has 0 bridgehead atoms. The van der Waals surface area contributed by atoms with Crippen LogP contribution < -0.4 is 0 Å². The molecule has 5 nitrogen and oxygen atoms in total. The standard InChI is InChI=1S/C18H18N4O/c1-12-18(13(2)23-21-12)15-4-3-7-22(10-15)9-14-5-6-16-17(8-14)20-11-19-16/h3-6,8,10-11H,7,9H2,1-2H3,(H,19,20). The van der Waals surface area contributed by atoms with Gasteiger partial charge < -0.3 is 14.4 Å². The van der Waals surface area contributed by atoms with E-state index in [2.05, 4.69) is 56.6 Å². The fourth-order valence-electron chi connectivity index (χ4n) is 3.08. The summed E-state index contributed by atoms with van der Waals surface area (Å²) in [6.45, 7) is 5.68. The van der Waals surface area contributed by atoms with Gasteiger partial charge in [-0.25, -0.2) is 4.98 Å².